The number of methoxy groups -OCH3 is 1. The van der Waals surface area contributed by atoms with E-state index in [9.17, 15) is 5.11 Å². The highest BCUT2D eigenvalue weighted by Crippen LogP contribution is 2.41. The van der Waals surface area contributed by atoms with Gasteiger partial charge in [-0.25, -0.2) is 0 Å². The summed E-state index contributed by atoms with van der Waals surface area (Å²) in [5, 5.41) is 9.58. The van der Waals surface area contributed by atoms with Crippen LogP contribution < -0.4 is 15.2 Å². The Morgan fingerprint density at radius 2 is 1.91 bits per heavy atom. The molecule has 1 saturated carbocycles. The molecule has 0 radical (unpaired) electrons. The third-order valence-corrected chi connectivity index (χ3v) is 7.46. The number of ether oxygens (including phenoxy) is 2. The molecular formula is C28H39NO3. The van der Waals surface area contributed by atoms with E-state index in [-0.39, 0.29) is 12.0 Å². The number of benzene rings is 2. The Kier molecular flexibility index (Phi) is 6.56. The molecule has 3 atom stereocenters. The van der Waals surface area contributed by atoms with Crippen molar-refractivity contribution in [2.24, 2.45) is 11.7 Å². The Hall–Kier alpha value is -2.04. The van der Waals surface area contributed by atoms with Crippen LogP contribution in [0.2, 0.25) is 0 Å². The minimum absolute atomic E-state index is 0.00621. The van der Waals surface area contributed by atoms with E-state index in [4.69, 9.17) is 15.2 Å². The molecule has 4 heteroatoms. The standard InChI is InChI=1S/C28H39NO3/c1-27(2,3)25-15-24(9-10-26(25)31-4)32-17-19-5-6-21-14-22(8-7-20(21)13-19)23-11-12-28(29,16-23)18-30/h7-10,14-15,19,23,30H,5-6,11-13,16-18,29H2,1-4H3/t19-,23+,28-/m1/s1. The summed E-state index contributed by atoms with van der Waals surface area (Å²) < 4.78 is 11.8. The van der Waals surface area contributed by atoms with Crippen molar-refractivity contribution in [3.8, 4) is 11.5 Å². The lowest BCUT2D eigenvalue weighted by atomic mass is 9.82. The molecule has 0 saturated heterocycles. The summed E-state index contributed by atoms with van der Waals surface area (Å²) in [4.78, 5) is 0. The summed E-state index contributed by atoms with van der Waals surface area (Å²) in [6, 6.07) is 13.2. The van der Waals surface area contributed by atoms with Gasteiger partial charge in [0.25, 0.3) is 0 Å². The SMILES string of the molecule is COc1ccc(OC[C@@H]2CCc3cc([C@H]4CC[C@](N)(CO)C4)ccc3C2)cc1C(C)(C)C. The predicted molar refractivity (Wildman–Crippen MR) is 130 cm³/mol. The fourth-order valence-corrected chi connectivity index (χ4v) is 5.41. The molecule has 0 heterocycles. The zero-order valence-electron chi connectivity index (χ0n) is 20.1. The van der Waals surface area contributed by atoms with E-state index in [0.29, 0.717) is 11.8 Å². The first-order chi connectivity index (χ1) is 15.2. The Morgan fingerprint density at radius 3 is 2.59 bits per heavy atom. The largest absolute Gasteiger partial charge is 0.496 e. The number of hydrogen-bond acceptors (Lipinski definition) is 4. The van der Waals surface area contributed by atoms with Gasteiger partial charge in [0.2, 0.25) is 0 Å². The number of rotatable bonds is 6. The van der Waals surface area contributed by atoms with Crippen molar-refractivity contribution in [2.75, 3.05) is 20.3 Å². The predicted octanol–water partition coefficient (Wildman–Crippen LogP) is 5.13. The van der Waals surface area contributed by atoms with Gasteiger partial charge in [-0.3, -0.25) is 0 Å². The maximum Gasteiger partial charge on any atom is 0.122 e. The van der Waals surface area contributed by atoms with Gasteiger partial charge in [0.05, 0.1) is 20.3 Å². The third-order valence-electron chi connectivity index (χ3n) is 7.46. The molecule has 1 fully saturated rings. The zero-order valence-corrected chi connectivity index (χ0v) is 20.1. The maximum absolute atomic E-state index is 9.58. The van der Waals surface area contributed by atoms with Crippen LogP contribution >= 0.6 is 0 Å². The van der Waals surface area contributed by atoms with Crippen LogP contribution in [0.4, 0.5) is 0 Å². The molecule has 2 aliphatic rings. The van der Waals surface area contributed by atoms with Gasteiger partial charge in [-0.1, -0.05) is 39.0 Å². The van der Waals surface area contributed by atoms with Crippen LogP contribution in [0.1, 0.15) is 74.6 Å². The highest BCUT2D eigenvalue weighted by molar-refractivity contribution is 5.44. The number of aliphatic hydroxyl groups is 1. The van der Waals surface area contributed by atoms with Gasteiger partial charge >= 0.3 is 0 Å². The normalized spacial score (nSPS) is 25.4. The van der Waals surface area contributed by atoms with Gasteiger partial charge in [-0.2, -0.15) is 0 Å². The van der Waals surface area contributed by atoms with E-state index in [1.165, 1.54) is 22.3 Å². The summed E-state index contributed by atoms with van der Waals surface area (Å²) in [7, 11) is 1.72. The van der Waals surface area contributed by atoms with E-state index >= 15 is 0 Å². The first-order valence-corrected chi connectivity index (χ1v) is 12.0. The van der Waals surface area contributed by atoms with E-state index in [0.717, 1.165) is 56.6 Å². The molecule has 0 amide bonds. The van der Waals surface area contributed by atoms with Crippen LogP contribution in [0.3, 0.4) is 0 Å². The molecule has 174 valence electrons. The monoisotopic (exact) mass is 437 g/mol. The number of aryl methyl sites for hydroxylation is 1. The molecule has 0 unspecified atom stereocenters. The smallest absolute Gasteiger partial charge is 0.122 e. The maximum atomic E-state index is 9.58. The van der Waals surface area contributed by atoms with Gasteiger partial charge in [0.15, 0.2) is 0 Å². The summed E-state index contributed by atoms with van der Waals surface area (Å²) in [5.41, 5.74) is 11.4. The first-order valence-electron chi connectivity index (χ1n) is 12.0. The molecule has 0 spiro atoms. The Labute approximate surface area is 193 Å². The van der Waals surface area contributed by atoms with Gasteiger partial charge in [0, 0.05) is 11.1 Å². The molecule has 0 aromatic heterocycles. The number of aliphatic hydroxyl groups excluding tert-OH is 1. The van der Waals surface area contributed by atoms with Crippen LogP contribution in [0, 0.1) is 5.92 Å². The Bertz CT molecular complexity index is 948. The molecule has 2 aromatic carbocycles. The summed E-state index contributed by atoms with van der Waals surface area (Å²) in [5.74, 6) is 2.85. The van der Waals surface area contributed by atoms with Gasteiger partial charge in [-0.05, 0) is 90.7 Å². The molecule has 4 rings (SSSR count). The van der Waals surface area contributed by atoms with E-state index in [1.807, 2.05) is 12.1 Å². The first kappa shape index (κ1) is 23.1. The van der Waals surface area contributed by atoms with Crippen molar-refractivity contribution in [2.45, 2.75) is 76.2 Å². The second kappa shape index (κ2) is 9.07. The molecule has 0 aliphatic heterocycles. The second-order valence-corrected chi connectivity index (χ2v) is 11.0. The Balaban J connectivity index is 1.38. The van der Waals surface area contributed by atoms with Crippen LogP contribution in [0.15, 0.2) is 36.4 Å². The lowest BCUT2D eigenvalue weighted by Gasteiger charge is -2.27. The van der Waals surface area contributed by atoms with Crippen molar-refractivity contribution in [1.29, 1.82) is 0 Å². The fourth-order valence-electron chi connectivity index (χ4n) is 5.41. The minimum Gasteiger partial charge on any atom is -0.496 e. The number of fused-ring (bicyclic) bond motifs is 1. The fraction of sp³-hybridized carbons (Fsp3) is 0.571. The van der Waals surface area contributed by atoms with Crippen LogP contribution in [-0.2, 0) is 18.3 Å². The molecule has 2 aliphatic carbocycles. The van der Waals surface area contributed by atoms with Crippen LogP contribution in [-0.4, -0.2) is 31.0 Å². The van der Waals surface area contributed by atoms with Crippen molar-refractivity contribution in [1.82, 2.24) is 0 Å². The van der Waals surface area contributed by atoms with E-state index < -0.39 is 5.54 Å². The third kappa shape index (κ3) is 4.97. The van der Waals surface area contributed by atoms with E-state index in [2.05, 4.69) is 45.0 Å². The molecular weight excluding hydrogens is 398 g/mol. The lowest BCUT2D eigenvalue weighted by molar-refractivity contribution is 0.198. The van der Waals surface area contributed by atoms with Gasteiger partial charge in [0.1, 0.15) is 11.5 Å². The van der Waals surface area contributed by atoms with Gasteiger partial charge in [-0.15, -0.1) is 0 Å². The average molecular weight is 438 g/mol. The van der Waals surface area contributed by atoms with Crippen molar-refractivity contribution in [3.63, 3.8) is 0 Å². The summed E-state index contributed by atoms with van der Waals surface area (Å²) >= 11 is 0. The highest BCUT2D eigenvalue weighted by Gasteiger charge is 2.36. The van der Waals surface area contributed by atoms with Crippen molar-refractivity contribution in [3.05, 3.63) is 58.7 Å². The topological polar surface area (TPSA) is 64.7 Å². The Morgan fingerprint density at radius 1 is 1.09 bits per heavy atom. The lowest BCUT2D eigenvalue weighted by Crippen LogP contribution is -2.40. The van der Waals surface area contributed by atoms with E-state index in [1.54, 1.807) is 7.11 Å². The molecule has 4 nitrogen and oxygen atoms in total. The second-order valence-electron chi connectivity index (χ2n) is 11.0. The zero-order chi connectivity index (χ0) is 22.9. The number of nitrogens with two attached hydrogens (primary N) is 1. The number of hydrogen-bond donors (Lipinski definition) is 2. The summed E-state index contributed by atoms with van der Waals surface area (Å²) in [6.45, 7) is 7.42. The summed E-state index contributed by atoms with van der Waals surface area (Å²) in [6.07, 6.45) is 6.20. The van der Waals surface area contributed by atoms with Gasteiger partial charge < -0.3 is 20.3 Å². The van der Waals surface area contributed by atoms with Crippen LogP contribution in [0.5, 0.6) is 11.5 Å². The highest BCUT2D eigenvalue weighted by atomic mass is 16.5. The van der Waals surface area contributed by atoms with Crippen molar-refractivity contribution < 1.29 is 14.6 Å². The molecule has 2 aromatic rings. The average Bonchev–Trinajstić information content (AvgIpc) is 3.19. The quantitative estimate of drug-likeness (QED) is 0.657. The molecule has 3 N–H and O–H groups in total. The molecule has 0 bridgehead atoms. The minimum atomic E-state index is -0.392. The molecule has 32 heavy (non-hydrogen) atoms. The van der Waals surface area contributed by atoms with Crippen molar-refractivity contribution >= 4 is 0 Å². The van der Waals surface area contributed by atoms with Crippen LogP contribution in [0.25, 0.3) is 0 Å².